The normalized spacial score (nSPS) is 16.9. The lowest BCUT2D eigenvalue weighted by molar-refractivity contribution is 0.0612. The van der Waals surface area contributed by atoms with Crippen LogP contribution in [0.25, 0.3) is 11.4 Å². The van der Waals surface area contributed by atoms with Gasteiger partial charge in [0.25, 0.3) is 5.91 Å². The number of aromatic nitrogens is 4. The molecule has 1 aromatic heterocycles. The Morgan fingerprint density at radius 1 is 1.19 bits per heavy atom. The Bertz CT molecular complexity index is 926. The number of benzene rings is 2. The van der Waals surface area contributed by atoms with E-state index in [0.717, 1.165) is 37.1 Å². The molecule has 2 aromatic carbocycles. The van der Waals surface area contributed by atoms with Crippen LogP contribution < -0.4 is 4.74 Å². The maximum atomic E-state index is 13.5. The molecule has 3 aromatic rings. The molecule has 7 nitrogen and oxygen atoms in total. The van der Waals surface area contributed by atoms with E-state index in [1.54, 1.807) is 7.11 Å². The first-order valence-corrected chi connectivity index (χ1v) is 9.05. The third-order valence-corrected chi connectivity index (χ3v) is 4.99. The lowest BCUT2D eigenvalue weighted by Crippen LogP contribution is -2.38. The number of amides is 1. The maximum absolute atomic E-state index is 13.5. The first-order valence-electron chi connectivity index (χ1n) is 9.05. The van der Waals surface area contributed by atoms with Gasteiger partial charge in [-0.3, -0.25) is 4.79 Å². The zero-order chi connectivity index (χ0) is 18.6. The fourth-order valence-corrected chi connectivity index (χ4v) is 3.67. The number of nitrogens with zero attached hydrogens (tertiary/aromatic N) is 4. The van der Waals surface area contributed by atoms with Crippen LogP contribution in [0.4, 0.5) is 0 Å². The molecule has 0 saturated carbocycles. The number of carbonyl (C=O) groups excluding carboxylic acids is 1. The second kappa shape index (κ2) is 7.57. The molecule has 2 heterocycles. The van der Waals surface area contributed by atoms with E-state index in [2.05, 4.69) is 26.7 Å². The van der Waals surface area contributed by atoms with E-state index in [1.807, 2.05) is 47.4 Å². The quantitative estimate of drug-likeness (QED) is 0.769. The first-order chi connectivity index (χ1) is 13.3. The number of ether oxygens (including phenoxy) is 1. The summed E-state index contributed by atoms with van der Waals surface area (Å²) in [5.74, 6) is 1.22. The topological polar surface area (TPSA) is 84.0 Å². The molecule has 0 unspecified atom stereocenters. The minimum Gasteiger partial charge on any atom is -0.497 e. The van der Waals surface area contributed by atoms with Crippen LogP contribution in [0.2, 0.25) is 0 Å². The number of hydrogen-bond acceptors (Lipinski definition) is 5. The first kappa shape index (κ1) is 17.2. The number of H-pyrrole nitrogens is 1. The minimum atomic E-state index is -0.0112. The van der Waals surface area contributed by atoms with Crippen LogP contribution in [0.15, 0.2) is 48.5 Å². The summed E-state index contributed by atoms with van der Waals surface area (Å²) in [6.45, 7) is 0.724. The van der Waals surface area contributed by atoms with Crippen LogP contribution in [0.5, 0.6) is 5.75 Å². The molecule has 1 N–H and O–H groups in total. The van der Waals surface area contributed by atoms with Gasteiger partial charge in [0.1, 0.15) is 5.75 Å². The van der Waals surface area contributed by atoms with E-state index in [4.69, 9.17) is 4.74 Å². The van der Waals surface area contributed by atoms with Crippen molar-refractivity contribution < 1.29 is 9.53 Å². The average molecular weight is 363 g/mol. The van der Waals surface area contributed by atoms with Gasteiger partial charge in [-0.25, -0.2) is 0 Å². The second-order valence-corrected chi connectivity index (χ2v) is 6.57. The van der Waals surface area contributed by atoms with Gasteiger partial charge in [0.2, 0.25) is 5.82 Å². The third kappa shape index (κ3) is 3.40. The van der Waals surface area contributed by atoms with E-state index in [1.165, 1.54) is 0 Å². The van der Waals surface area contributed by atoms with Gasteiger partial charge < -0.3 is 9.64 Å². The van der Waals surface area contributed by atoms with Gasteiger partial charge in [0.05, 0.1) is 18.7 Å². The molecular formula is C20H21N5O2. The fourth-order valence-electron chi connectivity index (χ4n) is 3.67. The van der Waals surface area contributed by atoms with Gasteiger partial charge in [0.15, 0.2) is 0 Å². The predicted octanol–water partition coefficient (Wildman–Crippen LogP) is 3.24. The summed E-state index contributed by atoms with van der Waals surface area (Å²) in [6, 6.07) is 15.4. The average Bonchev–Trinajstić information content (AvgIpc) is 3.28. The van der Waals surface area contributed by atoms with Crippen LogP contribution in [0.1, 0.15) is 41.2 Å². The smallest absolute Gasteiger partial charge is 0.255 e. The van der Waals surface area contributed by atoms with Gasteiger partial charge in [-0.05, 0) is 48.2 Å². The maximum Gasteiger partial charge on any atom is 0.255 e. The Morgan fingerprint density at radius 2 is 2.07 bits per heavy atom. The highest BCUT2D eigenvalue weighted by molar-refractivity contribution is 6.00. The van der Waals surface area contributed by atoms with Crippen molar-refractivity contribution in [2.24, 2.45) is 0 Å². The lowest BCUT2D eigenvalue weighted by Gasteiger charge is -2.36. The van der Waals surface area contributed by atoms with Gasteiger partial charge >= 0.3 is 0 Å². The molecule has 1 fully saturated rings. The lowest BCUT2D eigenvalue weighted by atomic mass is 9.93. The Morgan fingerprint density at radius 3 is 2.89 bits per heavy atom. The van der Waals surface area contributed by atoms with Crippen molar-refractivity contribution in [1.29, 1.82) is 0 Å². The Kier molecular flexibility index (Phi) is 4.82. The second-order valence-electron chi connectivity index (χ2n) is 6.57. The molecule has 27 heavy (non-hydrogen) atoms. The number of methoxy groups -OCH3 is 1. The van der Waals surface area contributed by atoms with Crippen LogP contribution in [-0.2, 0) is 0 Å². The van der Waals surface area contributed by atoms with E-state index in [9.17, 15) is 4.79 Å². The summed E-state index contributed by atoms with van der Waals surface area (Å²) in [6.07, 6.45) is 3.03. The van der Waals surface area contributed by atoms with Crippen LogP contribution >= 0.6 is 0 Å². The molecule has 138 valence electrons. The molecule has 1 aliphatic rings. The summed E-state index contributed by atoms with van der Waals surface area (Å²) in [7, 11) is 1.66. The van der Waals surface area contributed by atoms with Crippen LogP contribution in [0.3, 0.4) is 0 Å². The van der Waals surface area contributed by atoms with E-state index in [-0.39, 0.29) is 11.9 Å². The number of nitrogens with one attached hydrogen (secondary N) is 1. The predicted molar refractivity (Wildman–Crippen MR) is 100 cm³/mol. The number of rotatable bonds is 4. The molecule has 1 atom stereocenters. The van der Waals surface area contributed by atoms with Crippen molar-refractivity contribution in [2.45, 2.75) is 25.3 Å². The van der Waals surface area contributed by atoms with Gasteiger partial charge in [-0.2, -0.15) is 5.21 Å². The monoisotopic (exact) mass is 363 g/mol. The van der Waals surface area contributed by atoms with E-state index in [0.29, 0.717) is 17.0 Å². The van der Waals surface area contributed by atoms with Gasteiger partial charge in [0, 0.05) is 12.1 Å². The fraction of sp³-hybridized carbons (Fsp3) is 0.300. The number of piperidine rings is 1. The largest absolute Gasteiger partial charge is 0.497 e. The number of likely N-dealkylation sites (tertiary alicyclic amines) is 1. The van der Waals surface area contributed by atoms with Crippen molar-refractivity contribution >= 4 is 5.91 Å². The van der Waals surface area contributed by atoms with E-state index >= 15 is 0 Å². The molecule has 0 radical (unpaired) electrons. The molecule has 4 rings (SSSR count). The number of tetrazole rings is 1. The molecule has 1 amide bonds. The Hall–Kier alpha value is -3.22. The summed E-state index contributed by atoms with van der Waals surface area (Å²) in [4.78, 5) is 15.4. The highest BCUT2D eigenvalue weighted by Crippen LogP contribution is 2.34. The molecule has 1 saturated heterocycles. The molecule has 1 aliphatic heterocycles. The number of hydrogen-bond donors (Lipinski definition) is 1. The summed E-state index contributed by atoms with van der Waals surface area (Å²) < 4.78 is 5.36. The summed E-state index contributed by atoms with van der Waals surface area (Å²) in [5.41, 5.74) is 2.37. The van der Waals surface area contributed by atoms with Gasteiger partial charge in [-0.15, -0.1) is 10.2 Å². The molecule has 7 heteroatoms. The standard InChI is InChI=1S/C20H21N5O2/c1-27-15-8-6-7-14(13-15)18-11-4-5-12-25(18)20(26)17-10-3-2-9-16(17)19-21-23-24-22-19/h2-3,6-10,13,18H,4-5,11-12H2,1H3,(H,21,22,23,24)/t18-/m0/s1. The van der Waals surface area contributed by atoms with Crippen molar-refractivity contribution in [2.75, 3.05) is 13.7 Å². The van der Waals surface area contributed by atoms with Crippen molar-refractivity contribution in [3.05, 3.63) is 59.7 Å². The zero-order valence-corrected chi connectivity index (χ0v) is 15.1. The molecule has 0 aliphatic carbocycles. The highest BCUT2D eigenvalue weighted by Gasteiger charge is 2.30. The molecular weight excluding hydrogens is 342 g/mol. The van der Waals surface area contributed by atoms with Crippen LogP contribution in [-0.4, -0.2) is 45.1 Å². The highest BCUT2D eigenvalue weighted by atomic mass is 16.5. The molecule has 0 spiro atoms. The van der Waals surface area contributed by atoms with E-state index < -0.39 is 0 Å². The summed E-state index contributed by atoms with van der Waals surface area (Å²) in [5, 5.41) is 14.2. The Balaban J connectivity index is 1.70. The number of aromatic amines is 1. The summed E-state index contributed by atoms with van der Waals surface area (Å²) >= 11 is 0. The third-order valence-electron chi connectivity index (χ3n) is 4.99. The zero-order valence-electron chi connectivity index (χ0n) is 15.1. The minimum absolute atomic E-state index is 0.0112. The van der Waals surface area contributed by atoms with Gasteiger partial charge in [-0.1, -0.05) is 30.3 Å². The SMILES string of the molecule is COc1cccc([C@@H]2CCCCN2C(=O)c2ccccc2-c2nn[nH]n2)c1. The van der Waals surface area contributed by atoms with Crippen LogP contribution in [0, 0.1) is 0 Å². The van der Waals surface area contributed by atoms with Crippen molar-refractivity contribution in [1.82, 2.24) is 25.5 Å². The molecule has 0 bridgehead atoms. The van der Waals surface area contributed by atoms with Crippen molar-refractivity contribution in [3.63, 3.8) is 0 Å². The number of carbonyl (C=O) groups is 1. The Labute approximate surface area is 157 Å². The van der Waals surface area contributed by atoms with Crippen molar-refractivity contribution in [3.8, 4) is 17.1 Å².